The quantitative estimate of drug-likeness (QED) is 0.352. The number of benzene rings is 2. The lowest BCUT2D eigenvalue weighted by molar-refractivity contribution is -0.137. The summed E-state index contributed by atoms with van der Waals surface area (Å²) in [5.74, 6) is 1.14. The van der Waals surface area contributed by atoms with Crippen molar-refractivity contribution in [3.05, 3.63) is 48.0 Å². The Morgan fingerprint density at radius 2 is 1.81 bits per heavy atom. The van der Waals surface area contributed by atoms with Gasteiger partial charge in [-0.2, -0.15) is 18.4 Å². The van der Waals surface area contributed by atoms with Crippen LogP contribution in [0.4, 0.5) is 18.9 Å². The summed E-state index contributed by atoms with van der Waals surface area (Å²) in [4.78, 5) is 4.07. The Morgan fingerprint density at radius 3 is 2.35 bits per heavy atom. The lowest BCUT2D eigenvalue weighted by Gasteiger charge is -2.13. The van der Waals surface area contributed by atoms with Gasteiger partial charge in [0.05, 0.1) is 12.7 Å². The molecule has 5 nitrogen and oxygen atoms in total. The highest BCUT2D eigenvalue weighted by molar-refractivity contribution is 8.13. The first-order chi connectivity index (χ1) is 12.4. The van der Waals surface area contributed by atoms with Gasteiger partial charge < -0.3 is 9.47 Å². The van der Waals surface area contributed by atoms with Crippen LogP contribution in [0.25, 0.3) is 0 Å². The Kier molecular flexibility index (Phi) is 6.36. The molecule has 136 valence electrons. The summed E-state index contributed by atoms with van der Waals surface area (Å²) in [7, 11) is 1.52. The molecule has 0 aliphatic heterocycles. The molecule has 0 atom stereocenters. The zero-order valence-electron chi connectivity index (χ0n) is 13.8. The predicted molar refractivity (Wildman–Crippen MR) is 93.9 cm³/mol. The van der Waals surface area contributed by atoms with Gasteiger partial charge in [0.2, 0.25) is 0 Å². The molecule has 2 rings (SSSR count). The molecule has 1 N–H and O–H groups in total. The van der Waals surface area contributed by atoms with E-state index in [2.05, 4.69) is 10.3 Å². The van der Waals surface area contributed by atoms with E-state index >= 15 is 0 Å². The number of thioether (sulfide) groups is 1. The zero-order chi connectivity index (χ0) is 19.2. The summed E-state index contributed by atoms with van der Waals surface area (Å²) >= 11 is 1.09. The molecule has 0 aliphatic carbocycles. The molecule has 26 heavy (non-hydrogen) atoms. The SMILES string of the molecule is COc1ccc(Oc2ccc(C(F)(F)F)cc2N=C(NC#N)SC)cc1. The number of methoxy groups -OCH3 is 1. The van der Waals surface area contributed by atoms with E-state index in [9.17, 15) is 13.2 Å². The van der Waals surface area contributed by atoms with Gasteiger partial charge in [-0.3, -0.25) is 5.32 Å². The van der Waals surface area contributed by atoms with Crippen LogP contribution in [-0.4, -0.2) is 18.5 Å². The average Bonchev–Trinajstić information content (AvgIpc) is 2.62. The predicted octanol–water partition coefficient (Wildman–Crippen LogP) is 4.93. The minimum atomic E-state index is -4.52. The van der Waals surface area contributed by atoms with Crippen LogP contribution < -0.4 is 14.8 Å². The fraction of sp³-hybridized carbons (Fsp3) is 0.176. The van der Waals surface area contributed by atoms with Gasteiger partial charge in [-0.15, -0.1) is 0 Å². The Balaban J connectivity index is 2.44. The molecule has 0 spiro atoms. The number of ether oxygens (including phenoxy) is 2. The van der Waals surface area contributed by atoms with E-state index in [1.165, 1.54) is 13.2 Å². The third-order valence-corrected chi connectivity index (χ3v) is 3.73. The van der Waals surface area contributed by atoms with E-state index < -0.39 is 11.7 Å². The van der Waals surface area contributed by atoms with Crippen LogP contribution in [0.15, 0.2) is 47.5 Å². The maximum atomic E-state index is 13.0. The maximum absolute atomic E-state index is 13.0. The third kappa shape index (κ3) is 5.07. The van der Waals surface area contributed by atoms with E-state index in [0.29, 0.717) is 11.5 Å². The standard InChI is InChI=1S/C17H14F3N3O2S/c1-24-12-4-6-13(7-5-12)25-15-8-3-11(17(18,19)20)9-14(15)23-16(26-2)22-10-21/h3-9H,1-2H3,(H,22,23). The molecule has 0 bridgehead atoms. The number of halogens is 3. The molecule has 9 heteroatoms. The summed E-state index contributed by atoms with van der Waals surface area (Å²) in [6.07, 6.45) is -1.20. The van der Waals surface area contributed by atoms with Crippen LogP contribution in [-0.2, 0) is 6.18 Å². The van der Waals surface area contributed by atoms with Gasteiger partial charge in [0, 0.05) is 0 Å². The Morgan fingerprint density at radius 1 is 1.15 bits per heavy atom. The van der Waals surface area contributed by atoms with Crippen molar-refractivity contribution in [1.29, 1.82) is 5.26 Å². The van der Waals surface area contributed by atoms with Gasteiger partial charge in [0.15, 0.2) is 17.1 Å². The van der Waals surface area contributed by atoms with E-state index in [1.807, 2.05) is 0 Å². The molecule has 0 amide bonds. The lowest BCUT2D eigenvalue weighted by atomic mass is 10.2. The molecule has 0 heterocycles. The van der Waals surface area contributed by atoms with Gasteiger partial charge in [0.1, 0.15) is 17.2 Å². The van der Waals surface area contributed by atoms with Crippen molar-refractivity contribution in [1.82, 2.24) is 5.32 Å². The topological polar surface area (TPSA) is 66.6 Å². The first kappa shape index (κ1) is 19.5. The molecular weight excluding hydrogens is 367 g/mol. The second-order valence-corrected chi connectivity index (χ2v) is 5.61. The molecular formula is C17H14F3N3O2S. The monoisotopic (exact) mass is 381 g/mol. The minimum absolute atomic E-state index is 0.0530. The highest BCUT2D eigenvalue weighted by atomic mass is 32.2. The molecule has 0 unspecified atom stereocenters. The number of nitrogens with zero attached hydrogens (tertiary/aromatic N) is 2. The summed E-state index contributed by atoms with van der Waals surface area (Å²) in [5.41, 5.74) is -0.918. The summed E-state index contributed by atoms with van der Waals surface area (Å²) in [6, 6.07) is 9.53. The largest absolute Gasteiger partial charge is 0.497 e. The number of hydrogen-bond acceptors (Lipinski definition) is 5. The molecule has 0 saturated carbocycles. The van der Waals surface area contributed by atoms with Gasteiger partial charge in [-0.05, 0) is 48.7 Å². The van der Waals surface area contributed by atoms with E-state index in [0.717, 1.165) is 23.9 Å². The van der Waals surface area contributed by atoms with E-state index in [-0.39, 0.29) is 16.6 Å². The summed E-state index contributed by atoms with van der Waals surface area (Å²) in [5, 5.41) is 11.2. The average molecular weight is 381 g/mol. The lowest BCUT2D eigenvalue weighted by Crippen LogP contribution is -2.12. The first-order valence-corrected chi connectivity index (χ1v) is 8.40. The first-order valence-electron chi connectivity index (χ1n) is 7.18. The van der Waals surface area contributed by atoms with Crippen molar-refractivity contribution >= 4 is 22.6 Å². The molecule has 0 aliphatic rings. The second-order valence-electron chi connectivity index (χ2n) is 4.82. The Labute approximate surface area is 152 Å². The van der Waals surface area contributed by atoms with Gasteiger partial charge in [-0.1, -0.05) is 11.8 Å². The number of hydrogen-bond donors (Lipinski definition) is 1. The summed E-state index contributed by atoms with van der Waals surface area (Å²) < 4.78 is 49.7. The van der Waals surface area contributed by atoms with Crippen LogP contribution in [0.2, 0.25) is 0 Å². The maximum Gasteiger partial charge on any atom is 0.416 e. The van der Waals surface area contributed by atoms with E-state index in [1.54, 1.807) is 36.7 Å². The van der Waals surface area contributed by atoms with Crippen molar-refractivity contribution in [2.45, 2.75) is 6.18 Å². The van der Waals surface area contributed by atoms with Gasteiger partial charge >= 0.3 is 6.18 Å². The molecule has 0 fully saturated rings. The van der Waals surface area contributed by atoms with Crippen LogP contribution >= 0.6 is 11.8 Å². The van der Waals surface area contributed by atoms with Crippen molar-refractivity contribution in [2.24, 2.45) is 4.99 Å². The Hall–Kier alpha value is -2.86. The highest BCUT2D eigenvalue weighted by Gasteiger charge is 2.31. The van der Waals surface area contributed by atoms with E-state index in [4.69, 9.17) is 14.7 Å². The van der Waals surface area contributed by atoms with Crippen molar-refractivity contribution < 1.29 is 22.6 Å². The number of nitrogens with one attached hydrogen (secondary N) is 1. The molecule has 2 aromatic carbocycles. The third-order valence-electron chi connectivity index (χ3n) is 3.15. The van der Waals surface area contributed by atoms with Crippen LogP contribution in [0.5, 0.6) is 17.2 Å². The Bertz CT molecular complexity index is 831. The normalized spacial score (nSPS) is 11.6. The number of nitriles is 1. The molecule has 2 aromatic rings. The van der Waals surface area contributed by atoms with Crippen molar-refractivity contribution in [2.75, 3.05) is 13.4 Å². The van der Waals surface area contributed by atoms with Crippen molar-refractivity contribution in [3.63, 3.8) is 0 Å². The number of alkyl halides is 3. The van der Waals surface area contributed by atoms with Gasteiger partial charge in [-0.25, -0.2) is 4.99 Å². The van der Waals surface area contributed by atoms with Crippen molar-refractivity contribution in [3.8, 4) is 23.4 Å². The van der Waals surface area contributed by atoms with Crippen LogP contribution in [0, 0.1) is 11.5 Å². The molecule has 0 radical (unpaired) electrons. The smallest absolute Gasteiger partial charge is 0.416 e. The number of rotatable bonds is 4. The molecule has 0 saturated heterocycles. The number of amidine groups is 1. The van der Waals surface area contributed by atoms with Crippen LogP contribution in [0.3, 0.4) is 0 Å². The van der Waals surface area contributed by atoms with Crippen LogP contribution in [0.1, 0.15) is 5.56 Å². The fourth-order valence-electron chi connectivity index (χ4n) is 1.92. The minimum Gasteiger partial charge on any atom is -0.497 e. The number of aliphatic imine (C=N–C) groups is 1. The highest BCUT2D eigenvalue weighted by Crippen LogP contribution is 2.38. The summed E-state index contributed by atoms with van der Waals surface area (Å²) in [6.45, 7) is 0. The zero-order valence-corrected chi connectivity index (χ0v) is 14.6. The molecule has 0 aromatic heterocycles. The van der Waals surface area contributed by atoms with Gasteiger partial charge in [0.25, 0.3) is 0 Å². The second kappa shape index (κ2) is 8.49. The fourth-order valence-corrected chi connectivity index (χ4v) is 2.26.